The van der Waals surface area contributed by atoms with Crippen molar-refractivity contribution in [3.05, 3.63) is 103 Å². The van der Waals surface area contributed by atoms with Crippen molar-refractivity contribution < 1.29 is 28.7 Å². The highest BCUT2D eigenvalue weighted by molar-refractivity contribution is 6.09. The summed E-state index contributed by atoms with van der Waals surface area (Å²) in [5.74, 6) is -1.48. The number of ether oxygens (including phenoxy) is 2. The van der Waals surface area contributed by atoms with Crippen LogP contribution in [0.25, 0.3) is 0 Å². The summed E-state index contributed by atoms with van der Waals surface area (Å²) in [6, 6.07) is 24.1. The van der Waals surface area contributed by atoms with Gasteiger partial charge in [0.15, 0.2) is 6.61 Å². The number of hydrogen-bond donors (Lipinski definition) is 1. The number of hydrogen-bond acceptors (Lipinski definition) is 6. The number of nitrogens with one attached hydrogen (secondary N) is 1. The zero-order valence-electron chi connectivity index (χ0n) is 21.6. The van der Waals surface area contributed by atoms with Gasteiger partial charge in [-0.1, -0.05) is 60.7 Å². The van der Waals surface area contributed by atoms with E-state index in [-0.39, 0.29) is 30.1 Å². The van der Waals surface area contributed by atoms with Gasteiger partial charge < -0.3 is 14.8 Å². The number of allylic oxidation sites excluding steroid dienone is 2. The first-order valence-corrected chi connectivity index (χ1v) is 13.4. The molecule has 1 aliphatic heterocycles. The van der Waals surface area contributed by atoms with Crippen LogP contribution in [0.15, 0.2) is 97.1 Å². The molecule has 202 valence electrons. The summed E-state index contributed by atoms with van der Waals surface area (Å²) >= 11 is 0. The maximum atomic E-state index is 13.4. The first-order chi connectivity index (χ1) is 19.5. The maximum absolute atomic E-state index is 13.4. The Kier molecular flexibility index (Phi) is 6.90. The van der Waals surface area contributed by atoms with Gasteiger partial charge in [0.2, 0.25) is 11.8 Å². The van der Waals surface area contributed by atoms with Crippen LogP contribution in [0.1, 0.15) is 12.0 Å². The third-order valence-electron chi connectivity index (χ3n) is 7.82. The molecule has 1 N–H and O–H groups in total. The van der Waals surface area contributed by atoms with Crippen molar-refractivity contribution in [2.75, 3.05) is 11.9 Å². The summed E-state index contributed by atoms with van der Waals surface area (Å²) in [4.78, 5) is 53.9. The second-order valence-electron chi connectivity index (χ2n) is 10.3. The molecule has 1 saturated carbocycles. The maximum Gasteiger partial charge on any atom is 0.330 e. The lowest BCUT2D eigenvalue weighted by Crippen LogP contribution is -2.48. The quantitative estimate of drug-likeness (QED) is 0.247. The lowest BCUT2D eigenvalue weighted by Gasteiger charge is -2.26. The van der Waals surface area contributed by atoms with Crippen LogP contribution in [0.4, 0.5) is 5.69 Å². The van der Waals surface area contributed by atoms with Crippen molar-refractivity contribution in [1.29, 1.82) is 0 Å². The first-order valence-electron chi connectivity index (χ1n) is 13.4. The average molecular weight is 537 g/mol. The van der Waals surface area contributed by atoms with Crippen molar-refractivity contribution in [2.24, 2.45) is 23.7 Å². The molecule has 40 heavy (non-hydrogen) atoms. The summed E-state index contributed by atoms with van der Waals surface area (Å²) in [5, 5.41) is 2.69. The molecule has 0 spiro atoms. The molecular formula is C32H28N2O6. The molecule has 0 unspecified atom stereocenters. The molecule has 2 bridgehead atoms. The molecule has 3 amide bonds. The van der Waals surface area contributed by atoms with Crippen molar-refractivity contribution in [3.63, 3.8) is 0 Å². The minimum atomic E-state index is -1.14. The van der Waals surface area contributed by atoms with Crippen LogP contribution < -0.4 is 10.1 Å². The lowest BCUT2D eigenvalue weighted by atomic mass is 9.85. The molecule has 2 aliphatic carbocycles. The van der Waals surface area contributed by atoms with Crippen molar-refractivity contribution in [1.82, 2.24) is 4.90 Å². The fraction of sp³-hybridized carbons (Fsp3) is 0.250. The van der Waals surface area contributed by atoms with Crippen LogP contribution in [-0.4, -0.2) is 41.2 Å². The zero-order valence-corrected chi connectivity index (χ0v) is 21.6. The van der Waals surface area contributed by atoms with E-state index in [4.69, 9.17) is 9.47 Å². The Balaban J connectivity index is 1.10. The first kappa shape index (κ1) is 25.6. The SMILES string of the molecule is O=C(COC(=O)[C@H](Cc1ccccc1)N1C(=O)[C@@H]2[C@H](C1=O)[C@H]1C=C[C@H]2C1)Nc1ccc(Oc2ccccc2)cc1. The number of anilines is 1. The minimum Gasteiger partial charge on any atom is -0.457 e. The number of fused-ring (bicyclic) bond motifs is 5. The van der Waals surface area contributed by atoms with E-state index in [1.165, 1.54) is 0 Å². The Bertz CT molecular complexity index is 1420. The van der Waals surface area contributed by atoms with Crippen LogP contribution in [0.5, 0.6) is 11.5 Å². The van der Waals surface area contributed by atoms with Crippen LogP contribution in [0, 0.1) is 23.7 Å². The fourth-order valence-electron chi connectivity index (χ4n) is 6.01. The van der Waals surface area contributed by atoms with E-state index >= 15 is 0 Å². The molecule has 2 fully saturated rings. The molecule has 6 rings (SSSR count). The topological polar surface area (TPSA) is 102 Å². The molecule has 5 atom stereocenters. The van der Waals surface area contributed by atoms with Gasteiger partial charge in [-0.05, 0) is 60.2 Å². The zero-order chi connectivity index (χ0) is 27.6. The van der Waals surface area contributed by atoms with Gasteiger partial charge in [-0.2, -0.15) is 0 Å². The van der Waals surface area contributed by atoms with Crippen LogP contribution in [0.2, 0.25) is 0 Å². The molecule has 0 radical (unpaired) electrons. The number of para-hydroxylation sites is 1. The highest BCUT2D eigenvalue weighted by Gasteiger charge is 2.61. The number of imide groups is 1. The van der Waals surface area contributed by atoms with Gasteiger partial charge in [-0.15, -0.1) is 0 Å². The van der Waals surface area contributed by atoms with E-state index in [0.29, 0.717) is 17.2 Å². The molecule has 1 heterocycles. The number of likely N-dealkylation sites (tertiary alicyclic amines) is 1. The molecular weight excluding hydrogens is 508 g/mol. The standard InChI is InChI=1S/C32H28N2O6/c35-27(33-23-13-15-25(16-14-23)40-24-9-5-2-6-10-24)19-39-32(38)26(17-20-7-3-1-4-8-20)34-30(36)28-21-11-12-22(18-21)29(28)31(34)37/h1-16,21-22,26,28-29H,17-19H2,(H,33,35)/t21-,22-,26-,28-,29+/m0/s1. The molecule has 8 nitrogen and oxygen atoms in total. The third kappa shape index (κ3) is 5.00. The monoisotopic (exact) mass is 536 g/mol. The second kappa shape index (κ2) is 10.8. The van der Waals surface area contributed by atoms with Gasteiger partial charge in [-0.25, -0.2) is 4.79 Å². The fourth-order valence-corrected chi connectivity index (χ4v) is 6.01. The summed E-state index contributed by atoms with van der Waals surface area (Å²) in [5.41, 5.74) is 1.29. The average Bonchev–Trinajstić information content (AvgIpc) is 3.66. The van der Waals surface area contributed by atoms with Crippen molar-refractivity contribution in [2.45, 2.75) is 18.9 Å². The third-order valence-corrected chi connectivity index (χ3v) is 7.82. The summed E-state index contributed by atoms with van der Waals surface area (Å²) in [6.45, 7) is -0.553. The smallest absolute Gasteiger partial charge is 0.330 e. The molecule has 1 saturated heterocycles. The minimum absolute atomic E-state index is 0.0279. The van der Waals surface area contributed by atoms with Crippen molar-refractivity contribution in [3.8, 4) is 11.5 Å². The molecule has 0 aromatic heterocycles. The summed E-state index contributed by atoms with van der Waals surface area (Å²) in [6.07, 6.45) is 4.93. The Labute approximate surface area is 231 Å². The lowest BCUT2D eigenvalue weighted by molar-refractivity contribution is -0.160. The van der Waals surface area contributed by atoms with Gasteiger partial charge in [0.05, 0.1) is 11.8 Å². The largest absolute Gasteiger partial charge is 0.457 e. The number of amides is 3. The number of benzene rings is 3. The van der Waals surface area contributed by atoms with E-state index in [1.807, 2.05) is 72.8 Å². The van der Waals surface area contributed by atoms with Crippen LogP contribution >= 0.6 is 0 Å². The number of carbonyl (C=O) groups excluding carboxylic acids is 4. The number of rotatable bonds is 9. The normalized spacial score (nSPS) is 23.1. The van der Waals surface area contributed by atoms with Gasteiger partial charge in [0, 0.05) is 12.1 Å². The van der Waals surface area contributed by atoms with Crippen LogP contribution in [-0.2, 0) is 30.3 Å². The predicted molar refractivity (Wildman–Crippen MR) is 146 cm³/mol. The second-order valence-corrected chi connectivity index (χ2v) is 10.3. The van der Waals surface area contributed by atoms with Crippen molar-refractivity contribution >= 4 is 29.4 Å². The number of carbonyl (C=O) groups is 4. The highest BCUT2D eigenvalue weighted by atomic mass is 16.5. The Morgan fingerprint density at radius 3 is 2.00 bits per heavy atom. The molecule has 3 aromatic carbocycles. The van der Waals surface area contributed by atoms with Gasteiger partial charge in [0.1, 0.15) is 17.5 Å². The van der Waals surface area contributed by atoms with Gasteiger partial charge in [-0.3, -0.25) is 19.3 Å². The predicted octanol–water partition coefficient (Wildman–Crippen LogP) is 4.38. The van der Waals surface area contributed by atoms with Gasteiger partial charge in [0.25, 0.3) is 5.91 Å². The van der Waals surface area contributed by atoms with E-state index in [0.717, 1.165) is 16.9 Å². The Morgan fingerprint density at radius 1 is 0.800 bits per heavy atom. The number of nitrogens with zero attached hydrogens (tertiary/aromatic N) is 1. The highest BCUT2D eigenvalue weighted by Crippen LogP contribution is 2.53. The van der Waals surface area contributed by atoms with E-state index in [2.05, 4.69) is 5.32 Å². The molecule has 3 aliphatic rings. The number of esters is 1. The Morgan fingerprint density at radius 2 is 1.38 bits per heavy atom. The van der Waals surface area contributed by atoms with E-state index in [1.54, 1.807) is 24.3 Å². The summed E-state index contributed by atoms with van der Waals surface area (Å²) < 4.78 is 11.1. The van der Waals surface area contributed by atoms with E-state index < -0.39 is 36.4 Å². The van der Waals surface area contributed by atoms with E-state index in [9.17, 15) is 19.2 Å². The molecule has 3 aromatic rings. The Hall–Kier alpha value is -4.72. The van der Waals surface area contributed by atoms with Gasteiger partial charge >= 0.3 is 5.97 Å². The summed E-state index contributed by atoms with van der Waals surface area (Å²) in [7, 11) is 0. The van der Waals surface area contributed by atoms with Crippen LogP contribution in [0.3, 0.4) is 0 Å². The molecule has 8 heteroatoms.